The molecule has 1 aliphatic rings. The highest BCUT2D eigenvalue weighted by atomic mass is 32.2. The van der Waals surface area contributed by atoms with E-state index in [1.54, 1.807) is 6.20 Å². The van der Waals surface area contributed by atoms with Gasteiger partial charge in [-0.05, 0) is 12.8 Å². The molecule has 0 aromatic carbocycles. The predicted octanol–water partition coefficient (Wildman–Crippen LogP) is 1.93. The molecule has 2 rings (SSSR count). The fraction of sp³-hybridized carbons (Fsp3) is 0.636. The standard InChI is InChI=1S/C11H17N3OS/c1-12-11-6-13-9(5-14-11)7-16-8-10-3-2-4-15-10/h5-6,10H,2-4,7-8H2,1H3,(H,12,14). The van der Waals surface area contributed by atoms with Gasteiger partial charge in [-0.15, -0.1) is 0 Å². The number of aromatic nitrogens is 2. The normalized spacial score (nSPS) is 19.9. The molecule has 1 aromatic rings. The fourth-order valence-corrected chi connectivity index (χ4v) is 2.63. The van der Waals surface area contributed by atoms with Crippen LogP contribution >= 0.6 is 11.8 Å². The summed E-state index contributed by atoms with van der Waals surface area (Å²) in [5.41, 5.74) is 1.03. The van der Waals surface area contributed by atoms with Crippen molar-refractivity contribution in [2.24, 2.45) is 0 Å². The molecule has 5 heteroatoms. The van der Waals surface area contributed by atoms with Crippen LogP contribution in [0.5, 0.6) is 0 Å². The molecule has 88 valence electrons. The van der Waals surface area contributed by atoms with Gasteiger partial charge in [0.25, 0.3) is 0 Å². The molecule has 1 aliphatic heterocycles. The van der Waals surface area contributed by atoms with Crippen molar-refractivity contribution in [3.63, 3.8) is 0 Å². The van der Waals surface area contributed by atoms with Crippen LogP contribution in [0.1, 0.15) is 18.5 Å². The predicted molar refractivity (Wildman–Crippen MR) is 66.7 cm³/mol. The molecule has 1 aromatic heterocycles. The maximum Gasteiger partial charge on any atom is 0.144 e. The molecule has 0 saturated carbocycles. The van der Waals surface area contributed by atoms with E-state index in [9.17, 15) is 0 Å². The quantitative estimate of drug-likeness (QED) is 0.850. The van der Waals surface area contributed by atoms with Gasteiger partial charge in [-0.2, -0.15) is 11.8 Å². The number of thioether (sulfide) groups is 1. The van der Waals surface area contributed by atoms with Crippen LogP contribution in [-0.2, 0) is 10.5 Å². The first-order valence-electron chi connectivity index (χ1n) is 5.56. The summed E-state index contributed by atoms with van der Waals surface area (Å²) in [6.07, 6.45) is 6.46. The molecule has 1 atom stereocenters. The Morgan fingerprint density at radius 3 is 3.06 bits per heavy atom. The number of hydrogen-bond donors (Lipinski definition) is 1. The molecule has 0 amide bonds. The van der Waals surface area contributed by atoms with Crippen molar-refractivity contribution >= 4 is 17.6 Å². The average Bonchev–Trinajstić information content (AvgIpc) is 2.83. The molecule has 0 aliphatic carbocycles. The summed E-state index contributed by atoms with van der Waals surface area (Å²) < 4.78 is 5.56. The number of nitrogens with zero attached hydrogens (tertiary/aromatic N) is 2. The highest BCUT2D eigenvalue weighted by Gasteiger charge is 2.14. The van der Waals surface area contributed by atoms with E-state index in [1.165, 1.54) is 12.8 Å². The van der Waals surface area contributed by atoms with Crippen molar-refractivity contribution in [2.45, 2.75) is 24.7 Å². The van der Waals surface area contributed by atoms with E-state index in [1.807, 2.05) is 25.0 Å². The second kappa shape index (κ2) is 6.06. The molecule has 1 fully saturated rings. The van der Waals surface area contributed by atoms with Gasteiger partial charge in [-0.1, -0.05) is 0 Å². The summed E-state index contributed by atoms with van der Waals surface area (Å²) in [4.78, 5) is 8.56. The molecule has 0 spiro atoms. The van der Waals surface area contributed by atoms with E-state index in [0.717, 1.165) is 29.6 Å². The van der Waals surface area contributed by atoms with Crippen LogP contribution in [0, 0.1) is 0 Å². The van der Waals surface area contributed by atoms with E-state index in [-0.39, 0.29) is 0 Å². The van der Waals surface area contributed by atoms with Crippen molar-refractivity contribution in [3.8, 4) is 0 Å². The molecular weight excluding hydrogens is 222 g/mol. The van der Waals surface area contributed by atoms with Crippen LogP contribution in [0.15, 0.2) is 12.4 Å². The highest BCUT2D eigenvalue weighted by molar-refractivity contribution is 7.98. The summed E-state index contributed by atoms with van der Waals surface area (Å²) in [6.45, 7) is 0.932. The second-order valence-corrected chi connectivity index (χ2v) is 4.82. The van der Waals surface area contributed by atoms with E-state index >= 15 is 0 Å². The van der Waals surface area contributed by atoms with Gasteiger partial charge in [0, 0.05) is 25.2 Å². The molecule has 2 heterocycles. The van der Waals surface area contributed by atoms with Gasteiger partial charge in [0.2, 0.25) is 0 Å². The molecular formula is C11H17N3OS. The fourth-order valence-electron chi connectivity index (χ4n) is 1.63. The summed E-state index contributed by atoms with van der Waals surface area (Å²) in [5, 5.41) is 2.95. The minimum atomic E-state index is 0.453. The highest BCUT2D eigenvalue weighted by Crippen LogP contribution is 2.19. The van der Waals surface area contributed by atoms with Gasteiger partial charge in [0.05, 0.1) is 24.2 Å². The Balaban J connectivity index is 1.71. The zero-order chi connectivity index (χ0) is 11.2. The van der Waals surface area contributed by atoms with Crippen LogP contribution in [-0.4, -0.2) is 35.5 Å². The minimum absolute atomic E-state index is 0.453. The first-order valence-corrected chi connectivity index (χ1v) is 6.72. The third-order valence-electron chi connectivity index (χ3n) is 2.54. The van der Waals surface area contributed by atoms with E-state index in [2.05, 4.69) is 15.3 Å². The lowest BCUT2D eigenvalue weighted by atomic mass is 10.3. The Morgan fingerprint density at radius 2 is 2.44 bits per heavy atom. The van der Waals surface area contributed by atoms with E-state index in [0.29, 0.717) is 6.10 Å². The first kappa shape index (κ1) is 11.7. The molecule has 0 radical (unpaired) electrons. The summed E-state index contributed by atoms with van der Waals surface area (Å²) >= 11 is 1.87. The van der Waals surface area contributed by atoms with E-state index in [4.69, 9.17) is 4.74 Å². The summed E-state index contributed by atoms with van der Waals surface area (Å²) in [7, 11) is 1.84. The zero-order valence-electron chi connectivity index (χ0n) is 9.48. The van der Waals surface area contributed by atoms with Crippen LogP contribution in [0.25, 0.3) is 0 Å². The van der Waals surface area contributed by atoms with Crippen molar-refractivity contribution < 1.29 is 4.74 Å². The lowest BCUT2D eigenvalue weighted by Crippen LogP contribution is -2.08. The van der Waals surface area contributed by atoms with Crippen molar-refractivity contribution in [1.82, 2.24) is 9.97 Å². The largest absolute Gasteiger partial charge is 0.377 e. The third-order valence-corrected chi connectivity index (χ3v) is 3.65. The number of anilines is 1. The Kier molecular flexibility index (Phi) is 4.42. The van der Waals surface area contributed by atoms with Gasteiger partial charge in [-0.25, -0.2) is 4.98 Å². The first-order chi connectivity index (χ1) is 7.88. The smallest absolute Gasteiger partial charge is 0.144 e. The maximum absolute atomic E-state index is 5.56. The monoisotopic (exact) mass is 239 g/mol. The van der Waals surface area contributed by atoms with E-state index < -0.39 is 0 Å². The van der Waals surface area contributed by atoms with Gasteiger partial charge >= 0.3 is 0 Å². The van der Waals surface area contributed by atoms with Gasteiger partial charge in [0.1, 0.15) is 5.82 Å². The van der Waals surface area contributed by atoms with Gasteiger partial charge < -0.3 is 10.1 Å². The third kappa shape index (κ3) is 3.35. The Bertz CT molecular complexity index is 312. The topological polar surface area (TPSA) is 47.0 Å². The Morgan fingerprint density at radius 1 is 1.50 bits per heavy atom. The van der Waals surface area contributed by atoms with Gasteiger partial charge in [-0.3, -0.25) is 4.98 Å². The maximum atomic E-state index is 5.56. The Labute approximate surface area is 100 Å². The van der Waals surface area contributed by atoms with Crippen molar-refractivity contribution in [2.75, 3.05) is 24.7 Å². The summed E-state index contributed by atoms with van der Waals surface area (Å²) in [6, 6.07) is 0. The van der Waals surface area contributed by atoms with Crippen molar-refractivity contribution in [3.05, 3.63) is 18.1 Å². The molecule has 0 bridgehead atoms. The Hall–Kier alpha value is -0.810. The number of hydrogen-bond acceptors (Lipinski definition) is 5. The number of rotatable bonds is 5. The molecule has 1 unspecified atom stereocenters. The van der Waals surface area contributed by atoms with Crippen LogP contribution in [0.2, 0.25) is 0 Å². The zero-order valence-corrected chi connectivity index (χ0v) is 10.3. The number of ether oxygens (including phenoxy) is 1. The average molecular weight is 239 g/mol. The SMILES string of the molecule is CNc1cnc(CSCC2CCCO2)cn1. The molecule has 1 saturated heterocycles. The molecule has 4 nitrogen and oxygen atoms in total. The minimum Gasteiger partial charge on any atom is -0.377 e. The van der Waals surface area contributed by atoms with Crippen molar-refractivity contribution in [1.29, 1.82) is 0 Å². The lowest BCUT2D eigenvalue weighted by molar-refractivity contribution is 0.129. The van der Waals surface area contributed by atoms with Crippen LogP contribution in [0.3, 0.4) is 0 Å². The second-order valence-electron chi connectivity index (χ2n) is 3.79. The van der Waals surface area contributed by atoms with Crippen LogP contribution in [0.4, 0.5) is 5.82 Å². The summed E-state index contributed by atoms with van der Waals surface area (Å²) in [5.74, 6) is 2.79. The number of nitrogens with one attached hydrogen (secondary N) is 1. The molecule has 1 N–H and O–H groups in total. The van der Waals surface area contributed by atoms with Gasteiger partial charge in [0.15, 0.2) is 0 Å². The lowest BCUT2D eigenvalue weighted by Gasteiger charge is -2.08. The molecule has 16 heavy (non-hydrogen) atoms. The van der Waals surface area contributed by atoms with Crippen LogP contribution < -0.4 is 5.32 Å².